The molecule has 0 aromatic carbocycles. The average molecular weight is 214 g/mol. The van der Waals surface area contributed by atoms with Gasteiger partial charge >= 0.3 is 0 Å². The summed E-state index contributed by atoms with van der Waals surface area (Å²) in [7, 11) is 3.84. The van der Waals surface area contributed by atoms with Gasteiger partial charge in [0.2, 0.25) is 0 Å². The first-order valence-electron chi connectivity index (χ1n) is 4.59. The van der Waals surface area contributed by atoms with Crippen LogP contribution in [0.3, 0.4) is 0 Å². The van der Waals surface area contributed by atoms with E-state index >= 15 is 0 Å². The molecular formula is C10H18O3Si. The lowest BCUT2D eigenvalue weighted by atomic mass is 10.1. The van der Waals surface area contributed by atoms with Gasteiger partial charge in [-0.25, -0.2) is 0 Å². The summed E-state index contributed by atoms with van der Waals surface area (Å²) in [6.07, 6.45) is 1.47. The number of allylic oxidation sites excluding steroid dienone is 1. The van der Waals surface area contributed by atoms with E-state index in [9.17, 15) is 4.79 Å². The van der Waals surface area contributed by atoms with Crippen molar-refractivity contribution in [3.8, 4) is 0 Å². The molecule has 0 spiro atoms. The summed E-state index contributed by atoms with van der Waals surface area (Å²) >= 11 is 0. The van der Waals surface area contributed by atoms with E-state index in [1.54, 1.807) is 21.1 Å². The Bertz CT molecular complexity index is 188. The van der Waals surface area contributed by atoms with E-state index in [0.29, 0.717) is 21.5 Å². The molecule has 0 fully saturated rings. The van der Waals surface area contributed by atoms with Crippen LogP contribution in [0.1, 0.15) is 19.8 Å². The lowest BCUT2D eigenvalue weighted by Crippen LogP contribution is -2.21. The maximum atomic E-state index is 11.2. The van der Waals surface area contributed by atoms with Crippen molar-refractivity contribution in [2.45, 2.75) is 31.7 Å². The van der Waals surface area contributed by atoms with Crippen LogP contribution in [0.15, 0.2) is 12.2 Å². The summed E-state index contributed by atoms with van der Waals surface area (Å²) < 4.78 is 10.1. The standard InChI is InChI=1S/C10H18O3Si/c1-8(2)9(11)6-5-7-14-10(12-3)13-4/h10H,1,5-7H2,2-4H3. The van der Waals surface area contributed by atoms with Crippen molar-refractivity contribution in [2.75, 3.05) is 14.2 Å². The fraction of sp³-hybridized carbons (Fsp3) is 0.700. The number of hydrogen-bond acceptors (Lipinski definition) is 3. The van der Waals surface area contributed by atoms with Crippen molar-refractivity contribution < 1.29 is 14.3 Å². The highest BCUT2D eigenvalue weighted by Gasteiger charge is 2.07. The molecule has 0 saturated heterocycles. The molecule has 3 nitrogen and oxygen atoms in total. The SMILES string of the molecule is C=C(C)C(=O)CCC[Si]C(OC)OC. The maximum Gasteiger partial charge on any atom is 0.157 e. The van der Waals surface area contributed by atoms with Gasteiger partial charge in [-0.05, 0) is 18.9 Å². The van der Waals surface area contributed by atoms with Crippen LogP contribution in [0.4, 0.5) is 0 Å². The fourth-order valence-corrected chi connectivity index (χ4v) is 1.90. The van der Waals surface area contributed by atoms with Crippen molar-refractivity contribution in [3.05, 3.63) is 12.2 Å². The van der Waals surface area contributed by atoms with E-state index in [-0.39, 0.29) is 11.7 Å². The molecule has 80 valence electrons. The first kappa shape index (κ1) is 13.5. The summed E-state index contributed by atoms with van der Waals surface area (Å²) in [6, 6.07) is 0.964. The Kier molecular flexibility index (Phi) is 7.65. The molecule has 0 aromatic rings. The van der Waals surface area contributed by atoms with Crippen molar-refractivity contribution in [2.24, 2.45) is 0 Å². The number of rotatable bonds is 8. The molecule has 0 aliphatic heterocycles. The topological polar surface area (TPSA) is 35.5 Å². The number of ether oxygens (including phenoxy) is 2. The lowest BCUT2D eigenvalue weighted by molar-refractivity contribution is -0.115. The second-order valence-electron chi connectivity index (χ2n) is 3.06. The molecule has 0 aliphatic carbocycles. The van der Waals surface area contributed by atoms with Gasteiger partial charge < -0.3 is 9.47 Å². The van der Waals surface area contributed by atoms with Crippen LogP contribution in [0, 0.1) is 0 Å². The smallest absolute Gasteiger partial charge is 0.157 e. The Morgan fingerprint density at radius 1 is 1.43 bits per heavy atom. The highest BCUT2D eigenvalue weighted by molar-refractivity contribution is 6.36. The van der Waals surface area contributed by atoms with E-state index in [4.69, 9.17) is 9.47 Å². The van der Waals surface area contributed by atoms with Gasteiger partial charge in [0.1, 0.15) is 15.4 Å². The minimum Gasteiger partial charge on any atom is -0.360 e. The number of hydrogen-bond donors (Lipinski definition) is 0. The Morgan fingerprint density at radius 2 is 2.00 bits per heavy atom. The van der Waals surface area contributed by atoms with E-state index in [1.807, 2.05) is 0 Å². The minimum absolute atomic E-state index is 0.116. The van der Waals surface area contributed by atoms with Crippen LogP contribution in [0.5, 0.6) is 0 Å². The normalized spacial score (nSPS) is 10.6. The quantitative estimate of drug-likeness (QED) is 0.266. The highest BCUT2D eigenvalue weighted by atomic mass is 28.2. The van der Waals surface area contributed by atoms with Crippen LogP contribution < -0.4 is 0 Å². The van der Waals surface area contributed by atoms with Crippen LogP contribution in [-0.2, 0) is 14.3 Å². The second kappa shape index (κ2) is 7.91. The summed E-state index contributed by atoms with van der Waals surface area (Å²) in [5.74, 6) is 0.0381. The van der Waals surface area contributed by atoms with Gasteiger partial charge in [0.15, 0.2) is 5.78 Å². The third-order valence-electron chi connectivity index (χ3n) is 1.80. The predicted octanol–water partition coefficient (Wildman–Crippen LogP) is 1.61. The molecule has 0 aliphatic rings. The molecule has 14 heavy (non-hydrogen) atoms. The zero-order valence-corrected chi connectivity index (χ0v) is 10.1. The van der Waals surface area contributed by atoms with Crippen molar-refractivity contribution >= 4 is 15.3 Å². The maximum absolute atomic E-state index is 11.2. The van der Waals surface area contributed by atoms with Gasteiger partial charge in [0, 0.05) is 20.6 Å². The van der Waals surface area contributed by atoms with Crippen LogP contribution in [0.2, 0.25) is 6.04 Å². The number of methoxy groups -OCH3 is 2. The molecule has 0 N–H and O–H groups in total. The zero-order chi connectivity index (χ0) is 11.0. The van der Waals surface area contributed by atoms with Gasteiger partial charge in [-0.15, -0.1) is 0 Å². The van der Waals surface area contributed by atoms with Crippen molar-refractivity contribution in [1.82, 2.24) is 0 Å². The Balaban J connectivity index is 3.46. The summed E-state index contributed by atoms with van der Waals surface area (Å²) in [4.78, 5) is 11.2. The van der Waals surface area contributed by atoms with E-state index in [0.717, 1.165) is 12.5 Å². The predicted molar refractivity (Wildman–Crippen MR) is 57.4 cm³/mol. The molecule has 0 heterocycles. The third-order valence-corrected chi connectivity index (χ3v) is 3.24. The fourth-order valence-electron chi connectivity index (χ4n) is 0.945. The monoisotopic (exact) mass is 214 g/mol. The third kappa shape index (κ3) is 6.07. The Morgan fingerprint density at radius 3 is 2.43 bits per heavy atom. The molecule has 0 amide bonds. The van der Waals surface area contributed by atoms with Crippen LogP contribution in [-0.4, -0.2) is 35.4 Å². The average Bonchev–Trinajstić information content (AvgIpc) is 2.17. The molecule has 0 atom stereocenters. The van der Waals surface area contributed by atoms with Crippen LogP contribution >= 0.6 is 0 Å². The van der Waals surface area contributed by atoms with E-state index in [1.165, 1.54) is 0 Å². The molecule has 0 unspecified atom stereocenters. The molecular weight excluding hydrogens is 196 g/mol. The van der Waals surface area contributed by atoms with Gasteiger partial charge in [-0.3, -0.25) is 4.79 Å². The Labute approximate surface area is 88.3 Å². The van der Waals surface area contributed by atoms with Crippen molar-refractivity contribution in [1.29, 1.82) is 0 Å². The van der Waals surface area contributed by atoms with Gasteiger partial charge in [-0.2, -0.15) is 0 Å². The van der Waals surface area contributed by atoms with E-state index < -0.39 is 0 Å². The lowest BCUT2D eigenvalue weighted by Gasteiger charge is -2.11. The van der Waals surface area contributed by atoms with E-state index in [2.05, 4.69) is 6.58 Å². The summed E-state index contributed by atoms with van der Waals surface area (Å²) in [6.45, 7) is 5.35. The molecule has 0 rings (SSSR count). The van der Waals surface area contributed by atoms with Crippen molar-refractivity contribution in [3.63, 3.8) is 0 Å². The molecule has 0 aromatic heterocycles. The van der Waals surface area contributed by atoms with Gasteiger partial charge in [0.05, 0.1) is 0 Å². The largest absolute Gasteiger partial charge is 0.360 e. The summed E-state index contributed by atoms with van der Waals surface area (Å²) in [5, 5.41) is 0. The second-order valence-corrected chi connectivity index (χ2v) is 4.44. The van der Waals surface area contributed by atoms with Crippen LogP contribution in [0.25, 0.3) is 0 Å². The molecule has 2 radical (unpaired) electrons. The first-order chi connectivity index (χ1) is 6.61. The number of Topliss-reactive ketones (excluding diaryl/α,β-unsaturated/α-hetero) is 1. The summed E-state index contributed by atoms with van der Waals surface area (Å²) in [5.41, 5.74) is 0.642. The number of carbonyl (C=O) groups excluding carboxylic acids is 1. The highest BCUT2D eigenvalue weighted by Crippen LogP contribution is 2.04. The first-order valence-corrected chi connectivity index (χ1v) is 5.88. The molecule has 0 bridgehead atoms. The van der Waals surface area contributed by atoms with Gasteiger partial charge in [-0.1, -0.05) is 12.6 Å². The Hall–Kier alpha value is -0.453. The number of ketones is 1. The van der Waals surface area contributed by atoms with Gasteiger partial charge in [0.25, 0.3) is 0 Å². The zero-order valence-electron chi connectivity index (χ0n) is 9.13. The molecule has 4 heteroatoms. The minimum atomic E-state index is -0.116. The number of carbonyl (C=O) groups is 1. The molecule has 0 saturated carbocycles.